The van der Waals surface area contributed by atoms with Crippen molar-refractivity contribution in [3.63, 3.8) is 0 Å². The topological polar surface area (TPSA) is 126 Å². The molecule has 1 unspecified atom stereocenters. The zero-order chi connectivity index (χ0) is 24.8. The number of H-pyrrole nitrogens is 1. The number of aromatic nitrogens is 2. The first kappa shape index (κ1) is 24.2. The van der Waals surface area contributed by atoms with E-state index in [1.165, 1.54) is 17.6 Å². The third-order valence-electron chi connectivity index (χ3n) is 5.04. The van der Waals surface area contributed by atoms with Crippen LogP contribution in [0.4, 0.5) is 0 Å². The Hall–Kier alpha value is -3.96. The molecule has 178 valence electrons. The zero-order valence-electron chi connectivity index (χ0n) is 18.8. The van der Waals surface area contributed by atoms with Crippen LogP contribution in [0.25, 0.3) is 10.8 Å². The monoisotopic (exact) mass is 507 g/mol. The predicted molar refractivity (Wildman–Crippen MR) is 137 cm³/mol. The van der Waals surface area contributed by atoms with E-state index in [0.29, 0.717) is 27.0 Å². The molecule has 3 N–H and O–H groups in total. The number of benzene rings is 2. The second-order valence-electron chi connectivity index (χ2n) is 7.21. The molecule has 2 aromatic carbocycles. The van der Waals surface area contributed by atoms with E-state index in [9.17, 15) is 14.4 Å². The molecule has 2 amide bonds. The molecule has 0 aliphatic heterocycles. The van der Waals surface area contributed by atoms with Crippen LogP contribution in [-0.2, 0) is 4.79 Å². The number of aromatic amines is 1. The van der Waals surface area contributed by atoms with Gasteiger partial charge in [-0.2, -0.15) is 10.2 Å². The molecule has 0 aliphatic rings. The zero-order valence-corrected chi connectivity index (χ0v) is 20.4. The van der Waals surface area contributed by atoms with Gasteiger partial charge in [0.05, 0.1) is 22.9 Å². The van der Waals surface area contributed by atoms with Crippen molar-refractivity contribution in [1.29, 1.82) is 0 Å². The van der Waals surface area contributed by atoms with Crippen LogP contribution in [0.3, 0.4) is 0 Å². The van der Waals surface area contributed by atoms with Gasteiger partial charge in [0.1, 0.15) is 5.69 Å². The van der Waals surface area contributed by atoms with E-state index in [4.69, 9.17) is 4.74 Å². The Kier molecular flexibility index (Phi) is 7.58. The van der Waals surface area contributed by atoms with Crippen molar-refractivity contribution in [2.24, 2.45) is 5.10 Å². The van der Waals surface area contributed by atoms with Gasteiger partial charge >= 0.3 is 0 Å². The molecule has 4 rings (SSSR count). The van der Waals surface area contributed by atoms with Gasteiger partial charge in [0.25, 0.3) is 17.4 Å². The predicted octanol–water partition coefficient (Wildman–Crippen LogP) is 3.34. The summed E-state index contributed by atoms with van der Waals surface area (Å²) in [6.45, 7) is 0. The molecule has 2 heterocycles. The molecule has 4 aromatic rings. The summed E-state index contributed by atoms with van der Waals surface area (Å²) in [5.74, 6) is -1.11. The summed E-state index contributed by atoms with van der Waals surface area (Å²) in [7, 11) is 1.56. The number of carbonyl (C=O) groups is 2. The second kappa shape index (κ2) is 11.0. The first-order chi connectivity index (χ1) is 17.0. The van der Waals surface area contributed by atoms with Gasteiger partial charge in [-0.3, -0.25) is 14.4 Å². The Morgan fingerprint density at radius 3 is 2.57 bits per heavy atom. The van der Waals surface area contributed by atoms with Crippen molar-refractivity contribution in [3.8, 4) is 5.06 Å². The Morgan fingerprint density at radius 2 is 1.86 bits per heavy atom. The first-order valence-corrected chi connectivity index (χ1v) is 12.4. The highest BCUT2D eigenvalue weighted by Gasteiger charge is 2.27. The molecule has 2 aromatic heterocycles. The lowest BCUT2D eigenvalue weighted by Gasteiger charge is -2.18. The number of nitrogens with one attached hydrogen (secondary N) is 3. The Bertz CT molecular complexity index is 1450. The first-order valence-electron chi connectivity index (χ1n) is 10.4. The number of hydrogen-bond donors (Lipinski definition) is 3. The van der Waals surface area contributed by atoms with Gasteiger partial charge in [0, 0.05) is 16.5 Å². The molecule has 0 radical (unpaired) electrons. The average Bonchev–Trinajstić information content (AvgIpc) is 3.30. The SMILES string of the molecule is COc1sc(SC)cc1C=NNC(=O)C(NC(=O)c1ccccc1)c1n[nH]c(=O)c2ccccc12. The molecule has 0 bridgehead atoms. The minimum atomic E-state index is -1.23. The molecule has 0 aliphatic carbocycles. The van der Waals surface area contributed by atoms with Crippen molar-refractivity contribution >= 4 is 51.9 Å². The van der Waals surface area contributed by atoms with E-state index in [2.05, 4.69) is 26.0 Å². The lowest BCUT2D eigenvalue weighted by atomic mass is 10.0. The van der Waals surface area contributed by atoms with Crippen molar-refractivity contribution in [2.45, 2.75) is 10.3 Å². The van der Waals surface area contributed by atoms with Crippen LogP contribution in [0.5, 0.6) is 5.06 Å². The summed E-state index contributed by atoms with van der Waals surface area (Å²) in [6, 6.07) is 15.9. The molecule has 0 saturated heterocycles. The Morgan fingerprint density at radius 1 is 1.14 bits per heavy atom. The molecule has 1 atom stereocenters. The van der Waals surface area contributed by atoms with Crippen LogP contribution in [0.1, 0.15) is 27.7 Å². The number of methoxy groups -OCH3 is 1. The van der Waals surface area contributed by atoms with Crippen LogP contribution in [0.15, 0.2) is 74.8 Å². The van der Waals surface area contributed by atoms with Crippen molar-refractivity contribution in [2.75, 3.05) is 13.4 Å². The van der Waals surface area contributed by atoms with Gasteiger partial charge in [0.15, 0.2) is 11.1 Å². The van der Waals surface area contributed by atoms with Gasteiger partial charge < -0.3 is 10.1 Å². The van der Waals surface area contributed by atoms with Crippen LogP contribution < -0.4 is 21.0 Å². The van der Waals surface area contributed by atoms with Crippen molar-refractivity contribution < 1.29 is 14.3 Å². The van der Waals surface area contributed by atoms with E-state index in [-0.39, 0.29) is 5.69 Å². The third-order valence-corrected chi connectivity index (χ3v) is 7.22. The molecule has 35 heavy (non-hydrogen) atoms. The lowest BCUT2D eigenvalue weighted by molar-refractivity contribution is -0.123. The molecule has 0 spiro atoms. The van der Waals surface area contributed by atoms with E-state index in [1.807, 2.05) is 12.3 Å². The summed E-state index contributed by atoms with van der Waals surface area (Å²) in [5.41, 5.74) is 3.34. The summed E-state index contributed by atoms with van der Waals surface area (Å²) in [5, 5.41) is 14.7. The largest absolute Gasteiger partial charge is 0.487 e. The Labute approximate surface area is 208 Å². The number of carbonyl (C=O) groups excluding carboxylic acids is 2. The number of hydrogen-bond acceptors (Lipinski definition) is 8. The number of thioether (sulfide) groups is 1. The molecule has 0 fully saturated rings. The number of amides is 2. The lowest BCUT2D eigenvalue weighted by Crippen LogP contribution is -2.40. The van der Waals surface area contributed by atoms with Gasteiger partial charge in [-0.15, -0.1) is 11.8 Å². The molecule has 9 nitrogen and oxygen atoms in total. The second-order valence-corrected chi connectivity index (χ2v) is 9.33. The average molecular weight is 508 g/mol. The molecular weight excluding hydrogens is 486 g/mol. The maximum atomic E-state index is 13.2. The highest BCUT2D eigenvalue weighted by Crippen LogP contribution is 2.34. The normalized spacial score (nSPS) is 11.9. The molecular formula is C24H21N5O4S2. The number of rotatable bonds is 8. The minimum Gasteiger partial charge on any atom is -0.487 e. The standard InChI is InChI=1S/C24H21N5O4S2/c1-33-24-15(12-18(34-2)35-24)13-25-28-23(32)20(26-21(30)14-8-4-3-5-9-14)19-16-10-6-7-11-17(16)22(31)29-27-19/h3-13,20H,1-2H3,(H,26,30)(H,28,32)(H,29,31). The molecule has 11 heteroatoms. The maximum absolute atomic E-state index is 13.2. The highest BCUT2D eigenvalue weighted by molar-refractivity contribution is 8.00. The van der Waals surface area contributed by atoms with E-state index < -0.39 is 23.4 Å². The number of thiophene rings is 1. The minimum absolute atomic E-state index is 0.190. The smallest absolute Gasteiger partial charge is 0.272 e. The fraction of sp³-hybridized carbons (Fsp3) is 0.125. The van der Waals surface area contributed by atoms with Gasteiger partial charge in [-0.05, 0) is 30.5 Å². The van der Waals surface area contributed by atoms with Crippen LogP contribution >= 0.6 is 23.1 Å². The number of ether oxygens (including phenoxy) is 1. The van der Waals surface area contributed by atoms with E-state index in [1.54, 1.807) is 73.5 Å². The summed E-state index contributed by atoms with van der Waals surface area (Å²) >= 11 is 3.04. The number of fused-ring (bicyclic) bond motifs is 1. The Balaban J connectivity index is 1.66. The summed E-state index contributed by atoms with van der Waals surface area (Å²) < 4.78 is 6.40. The van der Waals surface area contributed by atoms with Crippen LogP contribution in [0, 0.1) is 0 Å². The van der Waals surface area contributed by atoms with Gasteiger partial charge in [-0.1, -0.05) is 47.7 Å². The van der Waals surface area contributed by atoms with Gasteiger partial charge in [-0.25, -0.2) is 10.5 Å². The summed E-state index contributed by atoms with van der Waals surface area (Å²) in [6.07, 6.45) is 3.43. The van der Waals surface area contributed by atoms with Crippen LogP contribution in [0.2, 0.25) is 0 Å². The third kappa shape index (κ3) is 5.42. The number of nitrogens with zero attached hydrogens (tertiary/aromatic N) is 2. The van der Waals surface area contributed by atoms with E-state index >= 15 is 0 Å². The van der Waals surface area contributed by atoms with Crippen LogP contribution in [-0.4, -0.2) is 41.6 Å². The molecule has 0 saturated carbocycles. The number of hydrazone groups is 1. The fourth-order valence-corrected chi connectivity index (χ4v) is 4.85. The van der Waals surface area contributed by atoms with Crippen molar-refractivity contribution in [1.82, 2.24) is 20.9 Å². The summed E-state index contributed by atoms with van der Waals surface area (Å²) in [4.78, 5) is 38.4. The quantitative estimate of drug-likeness (QED) is 0.191. The maximum Gasteiger partial charge on any atom is 0.272 e. The van der Waals surface area contributed by atoms with Crippen molar-refractivity contribution in [3.05, 3.63) is 87.8 Å². The highest BCUT2D eigenvalue weighted by atomic mass is 32.2. The fourth-order valence-electron chi connectivity index (χ4n) is 3.36. The van der Waals surface area contributed by atoms with Gasteiger partial charge in [0.2, 0.25) is 0 Å². The van der Waals surface area contributed by atoms with E-state index in [0.717, 1.165) is 4.21 Å².